The van der Waals surface area contributed by atoms with Crippen molar-refractivity contribution in [3.05, 3.63) is 23.8 Å². The van der Waals surface area contributed by atoms with E-state index in [1.165, 1.54) is 0 Å². The molecule has 4 nitrogen and oxygen atoms in total. The Labute approximate surface area is 108 Å². The van der Waals surface area contributed by atoms with Crippen LogP contribution in [0.3, 0.4) is 0 Å². The van der Waals surface area contributed by atoms with Gasteiger partial charge in [-0.25, -0.2) is 0 Å². The fourth-order valence-corrected chi connectivity index (χ4v) is 1.41. The van der Waals surface area contributed by atoms with Gasteiger partial charge < -0.3 is 19.9 Å². The van der Waals surface area contributed by atoms with Crippen LogP contribution < -0.4 is 14.8 Å². The Hall–Kier alpha value is -0.970. The van der Waals surface area contributed by atoms with Gasteiger partial charge in [-0.2, -0.15) is 0 Å². The summed E-state index contributed by atoms with van der Waals surface area (Å²) in [5, 5.41) is 11.8. The first kappa shape index (κ1) is 16.0. The Bertz CT molecular complexity index is 321. The first-order valence-corrected chi connectivity index (χ1v) is 5.45. The van der Waals surface area contributed by atoms with E-state index in [-0.39, 0.29) is 25.6 Å². The van der Waals surface area contributed by atoms with Crippen LogP contribution in [-0.2, 0) is 6.54 Å². The number of nitrogens with one attached hydrogen (secondary N) is 1. The first-order valence-electron chi connectivity index (χ1n) is 5.45. The molecule has 0 aliphatic rings. The number of aliphatic hydroxyl groups excluding tert-OH is 1. The lowest BCUT2D eigenvalue weighted by molar-refractivity contribution is 0.194. The van der Waals surface area contributed by atoms with Crippen molar-refractivity contribution in [2.45, 2.75) is 13.5 Å². The third-order valence-corrected chi connectivity index (χ3v) is 2.04. The zero-order valence-electron chi connectivity index (χ0n) is 10.2. The second kappa shape index (κ2) is 9.10. The average Bonchev–Trinajstić information content (AvgIpc) is 2.29. The zero-order valence-corrected chi connectivity index (χ0v) is 11.0. The lowest BCUT2D eigenvalue weighted by Crippen LogP contribution is -2.07. The number of halogens is 1. The van der Waals surface area contributed by atoms with E-state index in [2.05, 4.69) is 5.32 Å². The normalized spacial score (nSPS) is 9.59. The topological polar surface area (TPSA) is 50.7 Å². The highest BCUT2D eigenvalue weighted by atomic mass is 35.5. The predicted octanol–water partition coefficient (Wildman–Crippen LogP) is 1.60. The van der Waals surface area contributed by atoms with Gasteiger partial charge in [0.05, 0.1) is 13.2 Å². The SMILES string of the molecule is CCOc1cc(CNC)ccc1OCCO.Cl. The molecule has 0 saturated carbocycles. The van der Waals surface area contributed by atoms with Crippen LogP contribution in [0.2, 0.25) is 0 Å². The first-order chi connectivity index (χ1) is 7.81. The Kier molecular flexibility index (Phi) is 8.58. The van der Waals surface area contributed by atoms with Crippen LogP contribution in [0.15, 0.2) is 18.2 Å². The molecule has 1 aromatic carbocycles. The second-order valence-electron chi connectivity index (χ2n) is 3.32. The Balaban J connectivity index is 0.00000256. The van der Waals surface area contributed by atoms with Gasteiger partial charge in [0, 0.05) is 6.54 Å². The molecule has 0 radical (unpaired) electrons. The van der Waals surface area contributed by atoms with E-state index in [9.17, 15) is 0 Å². The van der Waals surface area contributed by atoms with E-state index < -0.39 is 0 Å². The van der Waals surface area contributed by atoms with Crippen molar-refractivity contribution in [1.82, 2.24) is 5.32 Å². The van der Waals surface area contributed by atoms with E-state index >= 15 is 0 Å². The van der Waals surface area contributed by atoms with E-state index in [0.29, 0.717) is 12.4 Å². The highest BCUT2D eigenvalue weighted by Crippen LogP contribution is 2.28. The molecule has 0 fully saturated rings. The van der Waals surface area contributed by atoms with Crippen molar-refractivity contribution in [3.8, 4) is 11.5 Å². The molecule has 0 amide bonds. The van der Waals surface area contributed by atoms with Crippen LogP contribution in [0, 0.1) is 0 Å². The standard InChI is InChI=1S/C12H19NO3.ClH/c1-3-15-12-8-10(9-13-2)4-5-11(12)16-7-6-14;/h4-5,8,13-14H,3,6-7,9H2,1-2H3;1H. The molecule has 0 aliphatic heterocycles. The van der Waals surface area contributed by atoms with Crippen LogP contribution in [0.25, 0.3) is 0 Å². The molecule has 0 aromatic heterocycles. The summed E-state index contributed by atoms with van der Waals surface area (Å²) < 4.78 is 10.9. The van der Waals surface area contributed by atoms with Crippen LogP contribution >= 0.6 is 12.4 Å². The highest BCUT2D eigenvalue weighted by molar-refractivity contribution is 5.85. The molecule has 0 atom stereocenters. The largest absolute Gasteiger partial charge is 0.490 e. The monoisotopic (exact) mass is 261 g/mol. The molecular weight excluding hydrogens is 242 g/mol. The van der Waals surface area contributed by atoms with Crippen molar-refractivity contribution in [1.29, 1.82) is 0 Å². The van der Waals surface area contributed by atoms with E-state index in [4.69, 9.17) is 14.6 Å². The van der Waals surface area contributed by atoms with E-state index in [1.807, 2.05) is 32.2 Å². The molecule has 0 saturated heterocycles. The summed E-state index contributed by atoms with van der Waals surface area (Å²) in [6, 6.07) is 5.80. The van der Waals surface area contributed by atoms with Crippen LogP contribution in [-0.4, -0.2) is 32.0 Å². The quantitative estimate of drug-likeness (QED) is 0.783. The molecule has 0 heterocycles. The molecular formula is C12H20ClNO3. The van der Waals surface area contributed by atoms with Crippen molar-refractivity contribution in [3.63, 3.8) is 0 Å². The maximum absolute atomic E-state index is 8.71. The number of hydrogen-bond acceptors (Lipinski definition) is 4. The highest BCUT2D eigenvalue weighted by Gasteiger charge is 2.05. The van der Waals surface area contributed by atoms with Gasteiger partial charge in [0.1, 0.15) is 6.61 Å². The average molecular weight is 262 g/mol. The number of rotatable bonds is 7. The molecule has 1 rings (SSSR count). The summed E-state index contributed by atoms with van der Waals surface area (Å²) in [6.07, 6.45) is 0. The maximum Gasteiger partial charge on any atom is 0.161 e. The Morgan fingerprint density at radius 3 is 2.59 bits per heavy atom. The lowest BCUT2D eigenvalue weighted by atomic mass is 10.2. The number of aliphatic hydroxyl groups is 1. The molecule has 1 aromatic rings. The Morgan fingerprint density at radius 2 is 2.00 bits per heavy atom. The van der Waals surface area contributed by atoms with E-state index in [0.717, 1.165) is 17.9 Å². The van der Waals surface area contributed by atoms with Gasteiger partial charge in [-0.1, -0.05) is 6.07 Å². The molecule has 98 valence electrons. The zero-order chi connectivity index (χ0) is 11.8. The van der Waals surface area contributed by atoms with Crippen molar-refractivity contribution in [2.75, 3.05) is 26.9 Å². The summed E-state index contributed by atoms with van der Waals surface area (Å²) in [6.45, 7) is 3.61. The molecule has 5 heteroatoms. The van der Waals surface area contributed by atoms with Crippen molar-refractivity contribution < 1.29 is 14.6 Å². The summed E-state index contributed by atoms with van der Waals surface area (Å²) >= 11 is 0. The van der Waals surface area contributed by atoms with Gasteiger partial charge in [-0.15, -0.1) is 12.4 Å². The molecule has 2 N–H and O–H groups in total. The maximum atomic E-state index is 8.71. The van der Waals surface area contributed by atoms with Gasteiger partial charge in [0.15, 0.2) is 11.5 Å². The van der Waals surface area contributed by atoms with Crippen LogP contribution in [0.1, 0.15) is 12.5 Å². The molecule has 0 bridgehead atoms. The van der Waals surface area contributed by atoms with Gasteiger partial charge in [-0.05, 0) is 31.7 Å². The number of hydrogen-bond donors (Lipinski definition) is 2. The molecule has 0 unspecified atom stereocenters. The summed E-state index contributed by atoms with van der Waals surface area (Å²) in [5.74, 6) is 1.40. The molecule has 17 heavy (non-hydrogen) atoms. The molecule has 0 aliphatic carbocycles. The fourth-order valence-electron chi connectivity index (χ4n) is 1.41. The van der Waals surface area contributed by atoms with Crippen LogP contribution in [0.4, 0.5) is 0 Å². The third kappa shape index (κ3) is 5.26. The molecule has 0 spiro atoms. The Morgan fingerprint density at radius 1 is 1.24 bits per heavy atom. The van der Waals surface area contributed by atoms with Gasteiger partial charge >= 0.3 is 0 Å². The summed E-state index contributed by atoms with van der Waals surface area (Å²) in [4.78, 5) is 0. The van der Waals surface area contributed by atoms with Gasteiger partial charge in [0.2, 0.25) is 0 Å². The number of ether oxygens (including phenoxy) is 2. The van der Waals surface area contributed by atoms with Crippen molar-refractivity contribution >= 4 is 12.4 Å². The lowest BCUT2D eigenvalue weighted by Gasteiger charge is -2.12. The third-order valence-electron chi connectivity index (χ3n) is 2.04. The number of benzene rings is 1. The predicted molar refractivity (Wildman–Crippen MR) is 70.2 cm³/mol. The summed E-state index contributed by atoms with van der Waals surface area (Å²) in [5.41, 5.74) is 1.14. The van der Waals surface area contributed by atoms with Gasteiger partial charge in [-0.3, -0.25) is 0 Å². The van der Waals surface area contributed by atoms with Crippen LogP contribution in [0.5, 0.6) is 11.5 Å². The minimum absolute atomic E-state index is 0. The second-order valence-corrected chi connectivity index (χ2v) is 3.32. The van der Waals surface area contributed by atoms with E-state index in [1.54, 1.807) is 0 Å². The summed E-state index contributed by atoms with van der Waals surface area (Å²) in [7, 11) is 1.90. The fraction of sp³-hybridized carbons (Fsp3) is 0.500. The minimum atomic E-state index is 0. The smallest absolute Gasteiger partial charge is 0.161 e. The minimum Gasteiger partial charge on any atom is -0.490 e. The van der Waals surface area contributed by atoms with Gasteiger partial charge in [0.25, 0.3) is 0 Å². The van der Waals surface area contributed by atoms with Crippen molar-refractivity contribution in [2.24, 2.45) is 0 Å².